The number of amidine groups is 1. The number of alkyl halides is 6. The zero-order valence-corrected chi connectivity index (χ0v) is 17.3. The molecule has 0 amide bonds. The molecule has 3 rings (SSSR count). The van der Waals surface area contributed by atoms with Crippen molar-refractivity contribution in [3.05, 3.63) is 57.9 Å². The normalized spacial score (nSPS) is 21.4. The van der Waals surface area contributed by atoms with Gasteiger partial charge in [-0.15, -0.1) is 0 Å². The van der Waals surface area contributed by atoms with E-state index in [2.05, 4.69) is 19.7 Å². The molecule has 0 fully saturated rings. The minimum Gasteiger partial charge on any atom is -0.452 e. The molecule has 1 aliphatic heterocycles. The van der Waals surface area contributed by atoms with Crippen molar-refractivity contribution in [2.45, 2.75) is 43.8 Å². The van der Waals surface area contributed by atoms with E-state index in [0.29, 0.717) is 12.3 Å². The first-order chi connectivity index (χ1) is 15.1. The van der Waals surface area contributed by atoms with Gasteiger partial charge in [-0.1, -0.05) is 11.6 Å². The highest BCUT2D eigenvalue weighted by atomic mass is 35.5. The van der Waals surface area contributed by atoms with Crippen LogP contribution in [-0.2, 0) is 22.9 Å². The van der Waals surface area contributed by atoms with Crippen molar-refractivity contribution >= 4 is 23.4 Å². The second-order valence-corrected chi connectivity index (χ2v) is 7.77. The van der Waals surface area contributed by atoms with Crippen molar-refractivity contribution in [2.75, 3.05) is 0 Å². The van der Waals surface area contributed by atoms with E-state index in [4.69, 9.17) is 17.3 Å². The number of nitrogens with two attached hydrogens (primary N) is 1. The van der Waals surface area contributed by atoms with Gasteiger partial charge in [-0.3, -0.25) is 14.8 Å². The Morgan fingerprint density at radius 3 is 2.52 bits per heavy atom. The van der Waals surface area contributed by atoms with Crippen molar-refractivity contribution in [1.29, 1.82) is 0 Å². The lowest BCUT2D eigenvalue weighted by molar-refractivity contribution is -0.208. The van der Waals surface area contributed by atoms with Gasteiger partial charge in [0.25, 0.3) is 6.02 Å². The molecule has 0 aliphatic carbocycles. The maximum absolute atomic E-state index is 14.5. The summed E-state index contributed by atoms with van der Waals surface area (Å²) >= 11 is 5.76. The van der Waals surface area contributed by atoms with Crippen molar-refractivity contribution in [2.24, 2.45) is 10.7 Å². The van der Waals surface area contributed by atoms with Crippen LogP contribution in [0.3, 0.4) is 0 Å². The second kappa shape index (κ2) is 8.43. The summed E-state index contributed by atoms with van der Waals surface area (Å²) < 4.78 is 96.8. The van der Waals surface area contributed by atoms with Crippen LogP contribution in [0.25, 0.3) is 0 Å². The molecular weight excluding hydrogens is 485 g/mol. The number of hydrogen-bond donors (Lipinski definition) is 1. The van der Waals surface area contributed by atoms with Crippen molar-refractivity contribution in [3.63, 3.8) is 0 Å². The monoisotopic (exact) mass is 498 g/mol. The van der Waals surface area contributed by atoms with Gasteiger partial charge >= 0.3 is 12.4 Å². The third-order valence-corrected chi connectivity index (χ3v) is 5.04. The lowest BCUT2D eigenvalue weighted by atomic mass is 9.89. The van der Waals surface area contributed by atoms with Crippen LogP contribution in [0, 0.1) is 5.82 Å². The zero-order valence-electron chi connectivity index (χ0n) is 16.6. The Hall–Kier alpha value is -2.96. The van der Waals surface area contributed by atoms with E-state index in [1.165, 1.54) is 6.92 Å². The summed E-state index contributed by atoms with van der Waals surface area (Å²) in [5.41, 5.74) is 1.25. The predicted molar refractivity (Wildman–Crippen MR) is 101 cm³/mol. The summed E-state index contributed by atoms with van der Waals surface area (Å²) in [6, 6.07) is 1.69. The molecule has 2 aromatic heterocycles. The number of carbonyl (C=O) groups excluding carboxylic acids is 1. The molecule has 0 unspecified atom stereocenters. The molecule has 1 aliphatic rings. The maximum atomic E-state index is 14.5. The largest absolute Gasteiger partial charge is 0.452 e. The summed E-state index contributed by atoms with van der Waals surface area (Å²) in [7, 11) is 0. The van der Waals surface area contributed by atoms with Gasteiger partial charge in [0.2, 0.25) is 0 Å². The summed E-state index contributed by atoms with van der Waals surface area (Å²) in [5, 5.41) is -0.557. The molecule has 3 heterocycles. The number of aromatic nitrogens is 2. The highest BCUT2D eigenvalue weighted by Crippen LogP contribution is 2.40. The number of ketones is 1. The first-order valence-electron chi connectivity index (χ1n) is 9.11. The van der Waals surface area contributed by atoms with Gasteiger partial charge in [-0.2, -0.15) is 26.3 Å². The molecule has 178 valence electrons. The maximum Gasteiger partial charge on any atom is 0.425 e. The van der Waals surface area contributed by atoms with Crippen molar-refractivity contribution in [1.82, 2.24) is 9.97 Å². The molecule has 33 heavy (non-hydrogen) atoms. The minimum absolute atomic E-state index is 0.0980. The lowest BCUT2D eigenvalue weighted by Crippen LogP contribution is -2.46. The average Bonchev–Trinajstić information content (AvgIpc) is 2.67. The van der Waals surface area contributed by atoms with Gasteiger partial charge in [0.15, 0.2) is 11.9 Å². The van der Waals surface area contributed by atoms with Crippen LogP contribution in [-0.4, -0.2) is 34.1 Å². The van der Waals surface area contributed by atoms with Gasteiger partial charge in [-0.25, -0.2) is 9.38 Å². The van der Waals surface area contributed by atoms with Crippen LogP contribution in [0.1, 0.15) is 40.8 Å². The summed E-state index contributed by atoms with van der Waals surface area (Å²) in [4.78, 5) is 23.7. The molecule has 2 aromatic rings. The Kier molecular flexibility index (Phi) is 6.30. The summed E-state index contributed by atoms with van der Waals surface area (Å²) in [5.74, 6) is -1.84. The smallest absolute Gasteiger partial charge is 0.425 e. The zero-order chi connectivity index (χ0) is 24.8. The Labute approximate surface area is 186 Å². The molecule has 14 heteroatoms. The number of carbonyl (C=O) groups is 1. The fourth-order valence-electron chi connectivity index (χ4n) is 3.20. The number of pyridine rings is 2. The van der Waals surface area contributed by atoms with Crippen LogP contribution >= 0.6 is 11.6 Å². The molecule has 0 aromatic carbocycles. The molecular formula is C19H14ClF7N4O2. The van der Waals surface area contributed by atoms with E-state index < -0.39 is 76.4 Å². The van der Waals surface area contributed by atoms with E-state index in [1.54, 1.807) is 0 Å². The van der Waals surface area contributed by atoms with Crippen LogP contribution in [0.4, 0.5) is 30.7 Å². The second-order valence-electron chi connectivity index (χ2n) is 7.36. The Morgan fingerprint density at radius 1 is 1.27 bits per heavy atom. The van der Waals surface area contributed by atoms with Crippen molar-refractivity contribution in [3.8, 4) is 0 Å². The van der Waals surface area contributed by atoms with Crippen LogP contribution in [0.2, 0.25) is 5.02 Å². The molecule has 0 radical (unpaired) electrons. The Morgan fingerprint density at radius 2 is 1.94 bits per heavy atom. The standard InChI is InChI=1S/C19H14ClF7N4O2/c1-17(6-13(19(25,26)27)33-16(28)31-17)15-11(21)3-2-9(30-15)5-12(32)14-10(20)4-8(7-29-14)18(22,23)24/h2-4,7,13H,5-6H2,1H3,(H2,28,31)/t13-,17-/m0/s1. The van der Waals surface area contributed by atoms with Gasteiger partial charge < -0.3 is 10.5 Å². The molecule has 2 N–H and O–H groups in total. The number of nitrogens with zero attached hydrogens (tertiary/aromatic N) is 3. The predicted octanol–water partition coefficient (Wildman–Crippen LogP) is 4.59. The molecule has 0 saturated heterocycles. The summed E-state index contributed by atoms with van der Waals surface area (Å²) in [6.07, 6.45) is -12.9. The third-order valence-electron chi connectivity index (χ3n) is 4.76. The number of rotatable bonds is 4. The van der Waals surface area contributed by atoms with E-state index in [-0.39, 0.29) is 5.69 Å². The first kappa shape index (κ1) is 24.7. The van der Waals surface area contributed by atoms with E-state index in [0.717, 1.165) is 12.1 Å². The lowest BCUT2D eigenvalue weighted by Gasteiger charge is -2.35. The number of hydrogen-bond acceptors (Lipinski definition) is 6. The fraction of sp³-hybridized carbons (Fsp3) is 0.368. The van der Waals surface area contributed by atoms with Crippen LogP contribution < -0.4 is 5.73 Å². The van der Waals surface area contributed by atoms with E-state index in [9.17, 15) is 35.5 Å². The topological polar surface area (TPSA) is 90.5 Å². The van der Waals surface area contributed by atoms with Crippen molar-refractivity contribution < 1.29 is 40.3 Å². The van der Waals surface area contributed by atoms with Gasteiger partial charge in [0, 0.05) is 18.3 Å². The molecule has 0 saturated carbocycles. The fourth-order valence-corrected chi connectivity index (χ4v) is 3.47. The highest BCUT2D eigenvalue weighted by molar-refractivity contribution is 6.33. The Bertz CT molecular complexity index is 1120. The summed E-state index contributed by atoms with van der Waals surface area (Å²) in [6.45, 7) is 1.17. The van der Waals surface area contributed by atoms with E-state index >= 15 is 0 Å². The van der Waals surface area contributed by atoms with Gasteiger partial charge in [0.05, 0.1) is 17.0 Å². The molecule has 2 atom stereocenters. The minimum atomic E-state index is -4.81. The van der Waals surface area contributed by atoms with Gasteiger partial charge in [-0.05, 0) is 25.1 Å². The Balaban J connectivity index is 1.91. The number of aliphatic imine (C=N–C) groups is 1. The van der Waals surface area contributed by atoms with Crippen LogP contribution in [0.5, 0.6) is 0 Å². The number of ether oxygens (including phenoxy) is 1. The highest BCUT2D eigenvalue weighted by Gasteiger charge is 2.50. The van der Waals surface area contributed by atoms with Crippen LogP contribution in [0.15, 0.2) is 29.4 Å². The van der Waals surface area contributed by atoms with Gasteiger partial charge in [0.1, 0.15) is 22.7 Å². The quantitative estimate of drug-likeness (QED) is 0.492. The molecule has 0 bridgehead atoms. The molecule has 6 nitrogen and oxygen atoms in total. The SMILES string of the molecule is C[C@@]1(c2nc(CC(=O)c3ncc(C(F)(F)F)cc3Cl)ccc2F)C[C@@H](C(F)(F)F)OC(N)=N1. The average molecular weight is 499 g/mol. The third kappa shape index (κ3) is 5.34. The number of halogens is 8. The number of Topliss-reactive ketones (excluding diaryl/α,β-unsaturated/α-hetero) is 1. The molecule has 0 spiro atoms. The first-order valence-corrected chi connectivity index (χ1v) is 9.48. The van der Waals surface area contributed by atoms with E-state index in [1.807, 2.05) is 0 Å².